The third-order valence-electron chi connectivity index (χ3n) is 12.6. The summed E-state index contributed by atoms with van der Waals surface area (Å²) in [4.78, 5) is 34.0. The summed E-state index contributed by atoms with van der Waals surface area (Å²) in [6.07, 6.45) is 17.5. The number of hydrogen-bond donors (Lipinski definition) is 1. The van der Waals surface area contributed by atoms with Gasteiger partial charge in [0, 0.05) is 56.3 Å². The SMILES string of the molecule is CCCC(=O)C(C)c1ccc(O[C@@H]2CCN(c3ncc(OC4CCCC4)cc3F)C2)cc1.CCCC(=O)C(C)c1ccc(O[C@@H]2CCNC2)cc1.Fc1cc(OC2CCCC2)cnc1Cl. The lowest BCUT2D eigenvalue weighted by molar-refractivity contribution is -0.121. The molecule has 65 heavy (non-hydrogen) atoms. The number of pyridine rings is 2. The average molecular weight is 918 g/mol. The number of aromatic nitrogens is 2. The summed E-state index contributed by atoms with van der Waals surface area (Å²) < 4.78 is 51.1. The van der Waals surface area contributed by atoms with Crippen molar-refractivity contribution < 1.29 is 37.3 Å². The van der Waals surface area contributed by atoms with E-state index in [1.807, 2.05) is 81.1 Å². The van der Waals surface area contributed by atoms with Crippen molar-refractivity contribution in [3.05, 3.63) is 101 Å². The highest BCUT2D eigenvalue weighted by Gasteiger charge is 2.28. The number of benzene rings is 2. The summed E-state index contributed by atoms with van der Waals surface area (Å²) in [5.41, 5.74) is 2.09. The van der Waals surface area contributed by atoms with E-state index in [1.165, 1.54) is 44.0 Å². The number of ether oxygens (including phenoxy) is 4. The highest BCUT2D eigenvalue weighted by molar-refractivity contribution is 6.29. The predicted molar refractivity (Wildman–Crippen MR) is 252 cm³/mol. The van der Waals surface area contributed by atoms with Crippen LogP contribution in [0.2, 0.25) is 5.15 Å². The van der Waals surface area contributed by atoms with Gasteiger partial charge in [-0.15, -0.1) is 0 Å². The maximum absolute atomic E-state index is 14.7. The van der Waals surface area contributed by atoms with E-state index in [2.05, 4.69) is 15.3 Å². The quantitative estimate of drug-likeness (QED) is 0.103. The number of nitrogens with zero attached hydrogens (tertiary/aromatic N) is 3. The van der Waals surface area contributed by atoms with E-state index in [4.69, 9.17) is 30.5 Å². The Kier molecular flexibility index (Phi) is 19.2. The molecule has 2 unspecified atom stereocenters. The third-order valence-corrected chi connectivity index (χ3v) is 12.8. The molecule has 4 aliphatic rings. The van der Waals surface area contributed by atoms with Gasteiger partial charge in [-0.05, 0) is 113 Å². The van der Waals surface area contributed by atoms with Crippen LogP contribution in [0.25, 0.3) is 0 Å². The molecule has 2 saturated carbocycles. The lowest BCUT2D eigenvalue weighted by Gasteiger charge is -2.20. The van der Waals surface area contributed by atoms with Crippen LogP contribution in [0, 0.1) is 11.6 Å². The van der Waals surface area contributed by atoms with Crippen molar-refractivity contribution in [1.82, 2.24) is 15.3 Å². The van der Waals surface area contributed by atoms with Gasteiger partial charge >= 0.3 is 0 Å². The Morgan fingerprint density at radius 1 is 0.662 bits per heavy atom. The van der Waals surface area contributed by atoms with Crippen molar-refractivity contribution in [2.24, 2.45) is 0 Å². The van der Waals surface area contributed by atoms with Crippen LogP contribution in [0.5, 0.6) is 23.0 Å². The van der Waals surface area contributed by atoms with E-state index < -0.39 is 5.82 Å². The van der Waals surface area contributed by atoms with E-state index >= 15 is 0 Å². The maximum Gasteiger partial charge on any atom is 0.169 e. The first-order valence-corrected chi connectivity index (χ1v) is 24.2. The zero-order valence-corrected chi connectivity index (χ0v) is 39.3. The Balaban J connectivity index is 0.000000179. The van der Waals surface area contributed by atoms with Crippen LogP contribution >= 0.6 is 11.6 Å². The number of carbonyl (C=O) groups is 2. The molecule has 2 aromatic heterocycles. The van der Waals surface area contributed by atoms with Gasteiger partial charge in [0.25, 0.3) is 0 Å². The van der Waals surface area contributed by atoms with Gasteiger partial charge in [0.15, 0.2) is 22.6 Å². The maximum atomic E-state index is 14.7. The minimum absolute atomic E-state index is 0.0119. The largest absolute Gasteiger partial charge is 0.489 e. The zero-order valence-electron chi connectivity index (χ0n) is 38.5. The molecular weight excluding hydrogens is 850 g/mol. The van der Waals surface area contributed by atoms with Crippen LogP contribution in [0.15, 0.2) is 73.1 Å². The molecule has 0 bridgehead atoms. The van der Waals surface area contributed by atoms with Crippen LogP contribution in [0.4, 0.5) is 14.6 Å². The molecule has 4 atom stereocenters. The van der Waals surface area contributed by atoms with Crippen LogP contribution in [-0.4, -0.2) is 72.1 Å². The van der Waals surface area contributed by atoms with Gasteiger partial charge in [0.1, 0.15) is 46.8 Å². The Morgan fingerprint density at radius 2 is 1.14 bits per heavy atom. The van der Waals surface area contributed by atoms with E-state index in [9.17, 15) is 18.4 Å². The number of ketones is 2. The second-order valence-electron chi connectivity index (χ2n) is 17.7. The van der Waals surface area contributed by atoms with Crippen molar-refractivity contribution in [1.29, 1.82) is 0 Å². The number of halogens is 3. The Hall–Kier alpha value is -4.81. The fraction of sp³-hybridized carbons (Fsp3) is 0.538. The van der Waals surface area contributed by atoms with Gasteiger partial charge in [-0.1, -0.05) is 63.6 Å². The van der Waals surface area contributed by atoms with Gasteiger partial charge in [-0.2, -0.15) is 0 Å². The Morgan fingerprint density at radius 3 is 1.60 bits per heavy atom. The second-order valence-corrected chi connectivity index (χ2v) is 18.0. The van der Waals surface area contributed by atoms with Crippen molar-refractivity contribution in [3.8, 4) is 23.0 Å². The number of Topliss-reactive ketones (excluding diaryl/α,β-unsaturated/α-hetero) is 2. The number of hydrogen-bond acceptors (Lipinski definition) is 10. The molecule has 2 saturated heterocycles. The third kappa shape index (κ3) is 15.1. The molecular formula is C52H67ClF2N4O6. The molecule has 4 heterocycles. The molecule has 352 valence electrons. The van der Waals surface area contributed by atoms with E-state index in [0.717, 1.165) is 87.1 Å². The second kappa shape index (κ2) is 25.2. The summed E-state index contributed by atoms with van der Waals surface area (Å²) in [5.74, 6) is 2.60. The minimum Gasteiger partial charge on any atom is -0.489 e. The van der Waals surface area contributed by atoms with Crippen LogP contribution in [-0.2, 0) is 9.59 Å². The average Bonchev–Trinajstić information content (AvgIpc) is 4.17. The standard InChI is InChI=1S/C26H33FN2O3.C16H23NO2.C10H11ClFNO/c1-3-6-25(30)18(2)19-9-11-21(12-10-19)31-22-13-14-29(17-22)26-24(27)15-23(16-28-26)32-20-7-4-5-8-20;1-3-4-16(18)12(2)13-5-7-14(8-6-13)19-15-9-10-17-11-15;11-10-9(12)5-8(6-13-10)14-7-3-1-2-4-7/h9-12,15-16,18,20,22H,3-8,13-14,17H2,1-2H3;5-8,12,15,17H,3-4,9-11H2,1-2H3;5-7H,1-4H2/t18?,22-;12?,15-;/m11./s1. The van der Waals surface area contributed by atoms with Crippen molar-refractivity contribution in [3.63, 3.8) is 0 Å². The fourth-order valence-electron chi connectivity index (χ4n) is 8.67. The molecule has 13 heteroatoms. The molecule has 2 aliphatic heterocycles. The summed E-state index contributed by atoms with van der Waals surface area (Å²) in [7, 11) is 0. The molecule has 1 N–H and O–H groups in total. The van der Waals surface area contributed by atoms with Crippen molar-refractivity contribution >= 4 is 29.0 Å². The summed E-state index contributed by atoms with van der Waals surface area (Å²) in [5, 5.41) is 3.17. The number of nitrogens with one attached hydrogen (secondary N) is 1. The van der Waals surface area contributed by atoms with Crippen molar-refractivity contribution in [2.75, 3.05) is 31.1 Å². The molecule has 4 aromatic rings. The summed E-state index contributed by atoms with van der Waals surface area (Å²) in [6, 6.07) is 18.5. The molecule has 2 aromatic carbocycles. The van der Waals surface area contributed by atoms with Crippen LogP contribution in [0.1, 0.15) is 141 Å². The molecule has 0 spiro atoms. The normalized spacial score (nSPS) is 19.4. The first-order valence-electron chi connectivity index (χ1n) is 23.8. The molecule has 0 amide bonds. The van der Waals surface area contributed by atoms with Gasteiger partial charge in [-0.3, -0.25) is 9.59 Å². The number of carbonyl (C=O) groups excluding carboxylic acids is 2. The molecule has 4 fully saturated rings. The summed E-state index contributed by atoms with van der Waals surface area (Å²) >= 11 is 5.46. The van der Waals surface area contributed by atoms with E-state index in [1.54, 1.807) is 6.20 Å². The lowest BCUT2D eigenvalue weighted by Crippen LogP contribution is -2.26. The minimum atomic E-state index is -0.526. The number of rotatable bonds is 17. The molecule has 2 aliphatic carbocycles. The van der Waals surface area contributed by atoms with Gasteiger partial charge < -0.3 is 29.2 Å². The topological polar surface area (TPSA) is 112 Å². The predicted octanol–water partition coefficient (Wildman–Crippen LogP) is 11.8. The Bertz CT molecular complexity index is 2090. The molecule has 10 nitrogen and oxygen atoms in total. The first-order chi connectivity index (χ1) is 31.5. The van der Waals surface area contributed by atoms with Crippen molar-refractivity contribution in [2.45, 2.75) is 154 Å². The van der Waals surface area contributed by atoms with Gasteiger partial charge in [0.2, 0.25) is 0 Å². The highest BCUT2D eigenvalue weighted by Crippen LogP contribution is 2.31. The van der Waals surface area contributed by atoms with E-state index in [0.29, 0.717) is 49.0 Å². The monoisotopic (exact) mass is 916 g/mol. The van der Waals surface area contributed by atoms with E-state index in [-0.39, 0.29) is 53.0 Å². The fourth-order valence-corrected chi connectivity index (χ4v) is 8.78. The van der Waals surface area contributed by atoms with Gasteiger partial charge in [-0.25, -0.2) is 18.7 Å². The van der Waals surface area contributed by atoms with Crippen LogP contribution < -0.4 is 29.2 Å². The zero-order chi connectivity index (χ0) is 46.1. The summed E-state index contributed by atoms with van der Waals surface area (Å²) in [6.45, 7) is 11.2. The first kappa shape index (κ1) is 49.6. The number of anilines is 1. The Labute approximate surface area is 389 Å². The van der Waals surface area contributed by atoms with Gasteiger partial charge in [0.05, 0.1) is 31.1 Å². The highest BCUT2D eigenvalue weighted by atomic mass is 35.5. The molecule has 8 rings (SSSR count). The van der Waals surface area contributed by atoms with Crippen LogP contribution in [0.3, 0.4) is 0 Å². The molecule has 0 radical (unpaired) electrons. The lowest BCUT2D eigenvalue weighted by atomic mass is 9.94. The smallest absolute Gasteiger partial charge is 0.169 e.